The zero-order valence-electron chi connectivity index (χ0n) is 8.35. The van der Waals surface area contributed by atoms with Crippen molar-refractivity contribution in [2.45, 2.75) is 18.9 Å². The van der Waals surface area contributed by atoms with Crippen molar-refractivity contribution in [3.63, 3.8) is 0 Å². The molecule has 1 N–H and O–H groups in total. The number of hydrogen-bond acceptors (Lipinski definition) is 3. The molecule has 1 aliphatic heterocycles. The first-order valence-corrected chi connectivity index (χ1v) is 6.49. The summed E-state index contributed by atoms with van der Waals surface area (Å²) in [5, 5.41) is 8.98. The highest BCUT2D eigenvalue weighted by Crippen LogP contribution is 2.26. The highest BCUT2D eigenvalue weighted by Gasteiger charge is 2.34. The second-order valence-corrected chi connectivity index (χ2v) is 6.06. The normalized spacial score (nSPS) is 20.1. The number of likely N-dealkylation sites (tertiary alicyclic amines) is 1. The number of hydrogen-bond donors (Lipinski definition) is 1. The van der Waals surface area contributed by atoms with Crippen molar-refractivity contribution in [3.05, 3.63) is 20.8 Å². The fourth-order valence-corrected chi connectivity index (χ4v) is 3.18. The molecule has 0 radical (unpaired) electrons. The van der Waals surface area contributed by atoms with Crippen LogP contribution in [-0.4, -0.2) is 34.5 Å². The van der Waals surface area contributed by atoms with E-state index in [2.05, 4.69) is 15.9 Å². The van der Waals surface area contributed by atoms with Gasteiger partial charge in [0.05, 0.1) is 8.66 Å². The van der Waals surface area contributed by atoms with Crippen LogP contribution in [0.1, 0.15) is 22.5 Å². The van der Waals surface area contributed by atoms with Crippen molar-refractivity contribution in [1.82, 2.24) is 4.90 Å². The first kappa shape index (κ1) is 11.6. The Balaban J connectivity index is 2.18. The third kappa shape index (κ3) is 2.12. The van der Waals surface area contributed by atoms with Gasteiger partial charge in [-0.1, -0.05) is 0 Å². The molecule has 4 nitrogen and oxygen atoms in total. The summed E-state index contributed by atoms with van der Waals surface area (Å²) in [5.74, 6) is -1.10. The molecule has 1 amide bonds. The van der Waals surface area contributed by atoms with Crippen LogP contribution in [0.4, 0.5) is 0 Å². The maximum absolute atomic E-state index is 12.0. The summed E-state index contributed by atoms with van der Waals surface area (Å²) in [5.41, 5.74) is 0. The average molecular weight is 304 g/mol. The lowest BCUT2D eigenvalue weighted by Crippen LogP contribution is -2.40. The van der Waals surface area contributed by atoms with Gasteiger partial charge in [-0.15, -0.1) is 11.3 Å². The lowest BCUT2D eigenvalue weighted by molar-refractivity contribution is -0.141. The fraction of sp³-hybridized carbons (Fsp3) is 0.400. The topological polar surface area (TPSA) is 57.6 Å². The highest BCUT2D eigenvalue weighted by molar-refractivity contribution is 9.11. The molecule has 2 heterocycles. The molecule has 0 aromatic carbocycles. The van der Waals surface area contributed by atoms with Crippen LogP contribution in [0.15, 0.2) is 15.9 Å². The molecule has 2 rings (SSSR count). The van der Waals surface area contributed by atoms with Crippen LogP contribution < -0.4 is 0 Å². The smallest absolute Gasteiger partial charge is 0.326 e. The van der Waals surface area contributed by atoms with E-state index in [9.17, 15) is 9.59 Å². The minimum atomic E-state index is -0.915. The molecular formula is C10H10BrNO3S. The number of carboxylic acids is 1. The minimum absolute atomic E-state index is 0.180. The highest BCUT2D eigenvalue weighted by atomic mass is 79.9. The predicted molar refractivity (Wildman–Crippen MR) is 63.7 cm³/mol. The molecule has 0 spiro atoms. The van der Waals surface area contributed by atoms with E-state index in [1.54, 1.807) is 12.1 Å². The zero-order chi connectivity index (χ0) is 11.7. The van der Waals surface area contributed by atoms with Gasteiger partial charge in [0.1, 0.15) is 6.04 Å². The van der Waals surface area contributed by atoms with E-state index in [1.807, 2.05) is 0 Å². The second kappa shape index (κ2) is 4.55. The minimum Gasteiger partial charge on any atom is -0.480 e. The van der Waals surface area contributed by atoms with Crippen LogP contribution in [0.2, 0.25) is 0 Å². The van der Waals surface area contributed by atoms with Crippen molar-refractivity contribution < 1.29 is 14.7 Å². The molecule has 1 atom stereocenters. The molecule has 1 saturated heterocycles. The monoisotopic (exact) mass is 303 g/mol. The molecule has 1 aliphatic rings. The van der Waals surface area contributed by atoms with Crippen LogP contribution in [0.5, 0.6) is 0 Å². The number of carbonyl (C=O) groups is 2. The Morgan fingerprint density at radius 2 is 2.25 bits per heavy atom. The largest absolute Gasteiger partial charge is 0.480 e. The summed E-state index contributed by atoms with van der Waals surface area (Å²) >= 11 is 4.61. The molecule has 0 saturated carbocycles. The second-order valence-electron chi connectivity index (χ2n) is 3.60. The van der Waals surface area contributed by atoms with Crippen LogP contribution in [0.25, 0.3) is 0 Å². The number of thiophene rings is 1. The number of nitrogens with zero attached hydrogens (tertiary/aromatic N) is 1. The number of amides is 1. The summed E-state index contributed by atoms with van der Waals surface area (Å²) in [6, 6.07) is 2.85. The van der Waals surface area contributed by atoms with Gasteiger partial charge in [-0.2, -0.15) is 0 Å². The van der Waals surface area contributed by atoms with Gasteiger partial charge < -0.3 is 10.0 Å². The Morgan fingerprint density at radius 3 is 2.81 bits per heavy atom. The molecule has 0 unspecified atom stereocenters. The van der Waals surface area contributed by atoms with Gasteiger partial charge in [0.25, 0.3) is 5.91 Å². The number of halogens is 1. The summed E-state index contributed by atoms with van der Waals surface area (Å²) in [6.45, 7) is 0.533. The molecule has 1 aromatic heterocycles. The summed E-state index contributed by atoms with van der Waals surface area (Å²) in [4.78, 5) is 25.0. The van der Waals surface area contributed by atoms with E-state index >= 15 is 0 Å². The van der Waals surface area contributed by atoms with E-state index in [4.69, 9.17) is 5.11 Å². The molecule has 16 heavy (non-hydrogen) atoms. The predicted octanol–water partition coefficient (Wildman–Crippen LogP) is 2.20. The number of carbonyl (C=O) groups excluding carboxylic acids is 1. The fourth-order valence-electron chi connectivity index (χ4n) is 1.84. The van der Waals surface area contributed by atoms with E-state index in [1.165, 1.54) is 16.2 Å². The molecule has 6 heteroatoms. The summed E-state index contributed by atoms with van der Waals surface area (Å²) < 4.78 is 0.877. The first-order valence-electron chi connectivity index (χ1n) is 4.88. The van der Waals surface area contributed by atoms with Gasteiger partial charge in [0.15, 0.2) is 0 Å². The molecular weight excluding hydrogens is 294 g/mol. The van der Waals surface area contributed by atoms with Crippen LogP contribution in [0, 0.1) is 0 Å². The van der Waals surface area contributed by atoms with Crippen molar-refractivity contribution in [1.29, 1.82) is 0 Å². The molecule has 86 valence electrons. The van der Waals surface area contributed by atoms with Gasteiger partial charge in [-0.3, -0.25) is 4.79 Å². The van der Waals surface area contributed by atoms with E-state index < -0.39 is 12.0 Å². The van der Waals surface area contributed by atoms with Crippen molar-refractivity contribution in [2.75, 3.05) is 6.54 Å². The molecule has 0 bridgehead atoms. The number of carboxylic acid groups (broad SMARTS) is 1. The lowest BCUT2D eigenvalue weighted by atomic mass is 10.2. The van der Waals surface area contributed by atoms with Gasteiger partial charge in [-0.05, 0) is 40.9 Å². The lowest BCUT2D eigenvalue weighted by Gasteiger charge is -2.20. The van der Waals surface area contributed by atoms with Crippen molar-refractivity contribution in [3.8, 4) is 0 Å². The summed E-state index contributed by atoms with van der Waals surface area (Å²) in [6.07, 6.45) is 1.31. The van der Waals surface area contributed by atoms with E-state index in [-0.39, 0.29) is 5.91 Å². The maximum Gasteiger partial charge on any atom is 0.326 e. The van der Waals surface area contributed by atoms with Gasteiger partial charge >= 0.3 is 5.97 Å². The Hall–Kier alpha value is -0.880. The van der Waals surface area contributed by atoms with Gasteiger partial charge in [-0.25, -0.2) is 4.79 Å². The van der Waals surface area contributed by atoms with Crippen molar-refractivity contribution >= 4 is 39.1 Å². The van der Waals surface area contributed by atoms with E-state index in [0.717, 1.165) is 10.2 Å². The zero-order valence-corrected chi connectivity index (χ0v) is 10.8. The van der Waals surface area contributed by atoms with Crippen LogP contribution >= 0.6 is 27.3 Å². The Kier molecular flexibility index (Phi) is 3.30. The number of aliphatic carboxylic acids is 1. The molecule has 1 aromatic rings. The first-order chi connectivity index (χ1) is 7.59. The van der Waals surface area contributed by atoms with Gasteiger partial charge in [0, 0.05) is 6.54 Å². The molecule has 0 aliphatic carbocycles. The third-order valence-corrected chi connectivity index (χ3v) is 4.19. The van der Waals surface area contributed by atoms with Crippen LogP contribution in [-0.2, 0) is 4.79 Å². The quantitative estimate of drug-likeness (QED) is 0.911. The number of rotatable bonds is 2. The van der Waals surface area contributed by atoms with Crippen molar-refractivity contribution in [2.24, 2.45) is 0 Å². The summed E-state index contributed by atoms with van der Waals surface area (Å²) in [7, 11) is 0. The standard InChI is InChI=1S/C10H10BrNO3S/c11-8-4-3-7(16-8)9(13)12-5-1-2-6(12)10(14)15/h3-4,6H,1-2,5H2,(H,14,15)/t6-/m1/s1. The maximum atomic E-state index is 12.0. The Bertz CT molecular complexity index is 431. The van der Waals surface area contributed by atoms with Gasteiger partial charge in [0.2, 0.25) is 0 Å². The average Bonchev–Trinajstić information content (AvgIpc) is 2.84. The SMILES string of the molecule is O=C(O)[C@H]1CCCN1C(=O)c1ccc(Br)s1. The van der Waals surface area contributed by atoms with Crippen LogP contribution in [0.3, 0.4) is 0 Å². The Labute approximate surface area is 105 Å². The Morgan fingerprint density at radius 1 is 1.50 bits per heavy atom. The molecule has 1 fully saturated rings. The van der Waals surface area contributed by atoms with E-state index in [0.29, 0.717) is 17.8 Å². The third-order valence-electron chi connectivity index (χ3n) is 2.58.